The number of cyclic esters (lactones) is 1. The molecular weight excluding hydrogens is 422 g/mol. The van der Waals surface area contributed by atoms with Gasteiger partial charge in [-0.05, 0) is 37.3 Å². The first-order chi connectivity index (χ1) is 15.9. The number of carbonyl (C=O) groups is 2. The summed E-state index contributed by atoms with van der Waals surface area (Å²) in [7, 11) is 1.66. The van der Waals surface area contributed by atoms with Gasteiger partial charge in [-0.25, -0.2) is 4.79 Å². The number of likely N-dealkylation sites (N-methyl/N-ethyl adjacent to an activating group) is 1. The van der Waals surface area contributed by atoms with Crippen LogP contribution in [-0.2, 0) is 20.7 Å². The number of phenolic OH excluding ortho intramolecular Hbond substituents is 1. The number of aliphatic hydroxyl groups excluding tert-OH is 1. The van der Waals surface area contributed by atoms with Crippen molar-refractivity contribution in [2.24, 2.45) is 0 Å². The maximum absolute atomic E-state index is 12.9. The van der Waals surface area contributed by atoms with Crippen LogP contribution in [0.2, 0.25) is 0 Å². The zero-order valence-corrected chi connectivity index (χ0v) is 19.2. The molecule has 4 atom stereocenters. The number of carbonyl (C=O) groups excluding carboxylic acids is 2. The van der Waals surface area contributed by atoms with Crippen molar-refractivity contribution in [1.82, 2.24) is 4.90 Å². The Morgan fingerprint density at radius 1 is 1.18 bits per heavy atom. The maximum atomic E-state index is 12.9. The van der Waals surface area contributed by atoms with Gasteiger partial charge in [0, 0.05) is 32.2 Å². The van der Waals surface area contributed by atoms with E-state index in [9.17, 15) is 19.8 Å². The van der Waals surface area contributed by atoms with Crippen molar-refractivity contribution < 1.29 is 29.3 Å². The van der Waals surface area contributed by atoms with E-state index in [0.29, 0.717) is 37.7 Å². The van der Waals surface area contributed by atoms with E-state index in [-0.39, 0.29) is 29.4 Å². The zero-order chi connectivity index (χ0) is 23.8. The zero-order valence-electron chi connectivity index (χ0n) is 19.2. The van der Waals surface area contributed by atoms with Crippen LogP contribution < -0.4 is 0 Å². The van der Waals surface area contributed by atoms with Gasteiger partial charge in [-0.15, -0.1) is 0 Å². The molecule has 7 heteroatoms. The number of phenols is 1. The Morgan fingerprint density at radius 2 is 1.97 bits per heavy atom. The van der Waals surface area contributed by atoms with Gasteiger partial charge in [0.2, 0.25) is 5.91 Å². The quantitative estimate of drug-likeness (QED) is 0.386. The Morgan fingerprint density at radius 3 is 2.76 bits per heavy atom. The predicted octanol–water partition coefficient (Wildman–Crippen LogP) is 3.66. The van der Waals surface area contributed by atoms with Crippen LogP contribution in [0.4, 0.5) is 0 Å². The molecule has 2 heterocycles. The molecule has 1 amide bonds. The van der Waals surface area contributed by atoms with Crippen molar-refractivity contribution in [1.29, 1.82) is 0 Å². The molecule has 0 aliphatic carbocycles. The van der Waals surface area contributed by atoms with Crippen molar-refractivity contribution in [2.45, 2.75) is 69.9 Å². The summed E-state index contributed by atoms with van der Waals surface area (Å²) in [6, 6.07) is 4.92. The molecule has 0 saturated carbocycles. The second-order valence-electron chi connectivity index (χ2n) is 8.55. The second-order valence-corrected chi connectivity index (χ2v) is 8.55. The van der Waals surface area contributed by atoms with E-state index >= 15 is 0 Å². The molecule has 178 valence electrons. The SMILES string of the molecule is CC/C=C\C=C/C(=O)N(C)/C=C/C[C@H]1C[C@H]2C[C@H](O)C[C@H](Cc3cccc(O)c3C(=O)O1)O2. The summed E-state index contributed by atoms with van der Waals surface area (Å²) < 4.78 is 11.9. The number of nitrogens with zero attached hydrogens (tertiary/aromatic N) is 1. The predicted molar refractivity (Wildman–Crippen MR) is 125 cm³/mol. The molecule has 2 aliphatic rings. The average Bonchev–Trinajstić information content (AvgIpc) is 2.75. The highest BCUT2D eigenvalue weighted by Crippen LogP contribution is 2.32. The lowest BCUT2D eigenvalue weighted by Crippen LogP contribution is -2.40. The number of allylic oxidation sites excluding steroid dienone is 3. The fourth-order valence-corrected chi connectivity index (χ4v) is 4.22. The van der Waals surface area contributed by atoms with Crippen LogP contribution in [0.1, 0.15) is 54.9 Å². The topological polar surface area (TPSA) is 96.3 Å². The van der Waals surface area contributed by atoms with Gasteiger partial charge in [-0.1, -0.05) is 43.4 Å². The van der Waals surface area contributed by atoms with Crippen molar-refractivity contribution in [2.75, 3.05) is 7.05 Å². The van der Waals surface area contributed by atoms with E-state index in [2.05, 4.69) is 0 Å². The number of aromatic hydroxyl groups is 1. The molecule has 3 rings (SSSR count). The average molecular weight is 456 g/mol. The van der Waals surface area contributed by atoms with Crippen molar-refractivity contribution >= 4 is 11.9 Å². The number of benzene rings is 1. The maximum Gasteiger partial charge on any atom is 0.342 e. The molecule has 2 bridgehead atoms. The molecule has 7 nitrogen and oxygen atoms in total. The van der Waals surface area contributed by atoms with Gasteiger partial charge >= 0.3 is 5.97 Å². The third kappa shape index (κ3) is 7.04. The first-order valence-electron chi connectivity index (χ1n) is 11.5. The molecule has 2 aliphatic heterocycles. The van der Waals surface area contributed by atoms with Gasteiger partial charge in [-0.3, -0.25) is 4.79 Å². The minimum Gasteiger partial charge on any atom is -0.507 e. The number of hydrogen-bond acceptors (Lipinski definition) is 6. The summed E-state index contributed by atoms with van der Waals surface area (Å²) in [4.78, 5) is 26.6. The number of rotatable bonds is 6. The lowest BCUT2D eigenvalue weighted by molar-refractivity contribution is -0.122. The number of aliphatic hydroxyl groups is 1. The normalized spacial score (nSPS) is 25.8. The van der Waals surface area contributed by atoms with Gasteiger partial charge < -0.3 is 24.6 Å². The number of esters is 1. The summed E-state index contributed by atoms with van der Waals surface area (Å²) >= 11 is 0. The highest BCUT2D eigenvalue weighted by molar-refractivity contribution is 5.94. The highest BCUT2D eigenvalue weighted by atomic mass is 16.5. The number of amides is 1. The summed E-state index contributed by atoms with van der Waals surface area (Å²) in [5.74, 6) is -0.873. The molecule has 0 spiro atoms. The monoisotopic (exact) mass is 455 g/mol. The Hall–Kier alpha value is -2.90. The van der Waals surface area contributed by atoms with Crippen LogP contribution in [0.25, 0.3) is 0 Å². The molecule has 1 aromatic rings. The smallest absolute Gasteiger partial charge is 0.342 e. The fraction of sp³-hybridized carbons (Fsp3) is 0.462. The van der Waals surface area contributed by atoms with Gasteiger partial charge in [0.05, 0.1) is 18.3 Å². The molecular formula is C26H33NO6. The lowest BCUT2D eigenvalue weighted by Gasteiger charge is -2.36. The largest absolute Gasteiger partial charge is 0.507 e. The van der Waals surface area contributed by atoms with Crippen molar-refractivity contribution in [3.05, 3.63) is 65.9 Å². The summed E-state index contributed by atoms with van der Waals surface area (Å²) in [6.45, 7) is 2.02. The Labute approximate surface area is 195 Å². The van der Waals surface area contributed by atoms with Crippen LogP contribution in [0, 0.1) is 0 Å². The Balaban J connectivity index is 1.73. The van der Waals surface area contributed by atoms with E-state index in [4.69, 9.17) is 9.47 Å². The first-order valence-corrected chi connectivity index (χ1v) is 11.5. The molecule has 1 aromatic carbocycles. The van der Waals surface area contributed by atoms with E-state index in [1.807, 2.05) is 19.1 Å². The van der Waals surface area contributed by atoms with E-state index in [1.165, 1.54) is 17.0 Å². The van der Waals surface area contributed by atoms with Gasteiger partial charge in [-0.2, -0.15) is 0 Å². The Bertz CT molecular complexity index is 921. The van der Waals surface area contributed by atoms with Crippen molar-refractivity contribution in [3.63, 3.8) is 0 Å². The van der Waals surface area contributed by atoms with Gasteiger partial charge in [0.25, 0.3) is 0 Å². The summed E-state index contributed by atoms with van der Waals surface area (Å²) in [6.07, 6.45) is 12.0. The van der Waals surface area contributed by atoms with E-state index < -0.39 is 18.2 Å². The first kappa shape index (κ1) is 24.7. The number of ether oxygens (including phenoxy) is 2. The van der Waals surface area contributed by atoms with Gasteiger partial charge in [0.1, 0.15) is 17.4 Å². The third-order valence-electron chi connectivity index (χ3n) is 5.83. The molecule has 0 unspecified atom stereocenters. The minimum atomic E-state index is -0.572. The molecule has 0 aromatic heterocycles. The van der Waals surface area contributed by atoms with E-state index in [1.54, 1.807) is 37.5 Å². The van der Waals surface area contributed by atoms with Gasteiger partial charge in [0.15, 0.2) is 0 Å². The van der Waals surface area contributed by atoms with Crippen LogP contribution in [0.5, 0.6) is 5.75 Å². The highest BCUT2D eigenvalue weighted by Gasteiger charge is 2.34. The standard InChI is InChI=1S/C26H33NO6/c1-3-4-5-6-12-24(30)27(2)13-8-10-20-17-22-16-19(28)15-21(32-22)14-18-9-7-11-23(29)25(18)26(31)33-20/h4-9,11-13,19-22,28-29H,3,10,14-17H2,1-2H3/b5-4-,12-6-,13-8+/t19-,20+,21+,22-/m1/s1. The second kappa shape index (κ2) is 11.8. The molecule has 2 N–H and O–H groups in total. The summed E-state index contributed by atoms with van der Waals surface area (Å²) in [5.41, 5.74) is 0.787. The summed E-state index contributed by atoms with van der Waals surface area (Å²) in [5, 5.41) is 20.7. The third-order valence-corrected chi connectivity index (χ3v) is 5.83. The van der Waals surface area contributed by atoms with E-state index in [0.717, 1.165) is 6.42 Å². The van der Waals surface area contributed by atoms with Crippen LogP contribution >= 0.6 is 0 Å². The number of fused-ring (bicyclic) bond motifs is 3. The van der Waals surface area contributed by atoms with Crippen LogP contribution in [0.15, 0.2) is 54.8 Å². The fourth-order valence-electron chi connectivity index (χ4n) is 4.22. The van der Waals surface area contributed by atoms with Crippen molar-refractivity contribution in [3.8, 4) is 5.75 Å². The number of hydrogen-bond donors (Lipinski definition) is 2. The lowest BCUT2D eigenvalue weighted by atomic mass is 9.91. The van der Waals surface area contributed by atoms with Crippen LogP contribution in [-0.4, -0.2) is 58.5 Å². The molecule has 0 radical (unpaired) electrons. The minimum absolute atomic E-state index is 0.130. The molecule has 33 heavy (non-hydrogen) atoms. The van der Waals surface area contributed by atoms with Crippen LogP contribution in [0.3, 0.4) is 0 Å². The molecule has 1 saturated heterocycles. The molecule has 1 fully saturated rings. The Kier molecular flexibility index (Phi) is 8.86.